The number of hydrogen-bond acceptors (Lipinski definition) is 6. The van der Waals surface area contributed by atoms with E-state index in [0.29, 0.717) is 17.4 Å². The number of amides is 1. The van der Waals surface area contributed by atoms with Crippen LogP contribution in [0.5, 0.6) is 0 Å². The van der Waals surface area contributed by atoms with Gasteiger partial charge in [0.05, 0.1) is 33.8 Å². The number of phosphoric acid groups is 1. The topological polar surface area (TPSA) is 111 Å². The Hall–Kier alpha value is -3.59. The summed E-state index contributed by atoms with van der Waals surface area (Å²) in [5.74, 6) is -0.612. The fourth-order valence-corrected chi connectivity index (χ4v) is 9.41. The number of ether oxygens (including phenoxy) is 1. The minimum atomic E-state index is -4.48. The predicted molar refractivity (Wildman–Crippen MR) is 346 cm³/mol. The first-order valence-electron chi connectivity index (χ1n) is 32.4. The third-order valence-corrected chi connectivity index (χ3v) is 14.6. The second kappa shape index (κ2) is 58.6. The fraction of sp³-hybridized carbons (Fsp3) is 0.686. The van der Waals surface area contributed by atoms with Crippen LogP contribution in [0.2, 0.25) is 0 Å². The van der Waals surface area contributed by atoms with Gasteiger partial charge in [0.15, 0.2) is 0 Å². The van der Waals surface area contributed by atoms with E-state index in [-0.39, 0.29) is 37.9 Å². The van der Waals surface area contributed by atoms with E-state index >= 15 is 0 Å². The number of rotatable bonds is 57. The Kier molecular flexibility index (Phi) is 56.0. The maximum absolute atomic E-state index is 13.5. The van der Waals surface area contributed by atoms with Crippen LogP contribution in [0, 0.1) is 0 Å². The lowest BCUT2D eigenvalue weighted by Gasteiger charge is -2.27. The molecule has 0 fully saturated rings. The van der Waals surface area contributed by atoms with Gasteiger partial charge < -0.3 is 19.4 Å². The Labute approximate surface area is 493 Å². The van der Waals surface area contributed by atoms with E-state index in [9.17, 15) is 19.0 Å². The average molecular weight is 1130 g/mol. The molecule has 0 aliphatic heterocycles. The van der Waals surface area contributed by atoms with Crippen molar-refractivity contribution in [2.24, 2.45) is 0 Å². The first kappa shape index (κ1) is 76.4. The number of esters is 1. The van der Waals surface area contributed by atoms with Gasteiger partial charge in [-0.2, -0.15) is 0 Å². The summed E-state index contributed by atoms with van der Waals surface area (Å²) >= 11 is 0. The van der Waals surface area contributed by atoms with Crippen LogP contribution in [0.3, 0.4) is 0 Å². The first-order chi connectivity index (χ1) is 38.9. The first-order valence-corrected chi connectivity index (χ1v) is 33.9. The zero-order valence-corrected chi connectivity index (χ0v) is 53.2. The number of hydrogen-bond donors (Lipinski definition) is 2. The fourth-order valence-electron chi connectivity index (χ4n) is 8.68. The minimum absolute atomic E-state index is 0.0201. The van der Waals surface area contributed by atoms with Gasteiger partial charge in [0.25, 0.3) is 0 Å². The summed E-state index contributed by atoms with van der Waals surface area (Å²) in [5.41, 5.74) is 0. The molecule has 9 nitrogen and oxygen atoms in total. The quantitative estimate of drug-likeness (QED) is 0.0205. The molecule has 0 aromatic carbocycles. The average Bonchev–Trinajstić information content (AvgIpc) is 3.42. The lowest BCUT2D eigenvalue weighted by Crippen LogP contribution is -2.47. The smallest absolute Gasteiger partial charge is 0.456 e. The van der Waals surface area contributed by atoms with Crippen molar-refractivity contribution in [3.05, 3.63) is 122 Å². The van der Waals surface area contributed by atoms with E-state index in [1.54, 1.807) is 0 Å². The molecule has 10 heteroatoms. The maximum atomic E-state index is 13.5. The lowest BCUT2D eigenvalue weighted by atomic mass is 10.0. The van der Waals surface area contributed by atoms with Gasteiger partial charge in [-0.25, -0.2) is 4.57 Å². The van der Waals surface area contributed by atoms with Crippen LogP contribution in [0.25, 0.3) is 0 Å². The highest BCUT2D eigenvalue weighted by molar-refractivity contribution is 7.47. The molecule has 0 radical (unpaired) electrons. The van der Waals surface area contributed by atoms with Crippen molar-refractivity contribution in [3.8, 4) is 0 Å². The van der Waals surface area contributed by atoms with Crippen LogP contribution < -0.4 is 5.32 Å². The zero-order valence-electron chi connectivity index (χ0n) is 52.3. The number of phosphoric ester groups is 1. The van der Waals surface area contributed by atoms with E-state index < -0.39 is 20.0 Å². The van der Waals surface area contributed by atoms with Crippen molar-refractivity contribution < 1.29 is 37.3 Å². The Bertz CT molecular complexity index is 1780. The van der Waals surface area contributed by atoms with Gasteiger partial charge in [-0.3, -0.25) is 18.6 Å². The van der Waals surface area contributed by atoms with Gasteiger partial charge >= 0.3 is 13.8 Å². The second-order valence-corrected chi connectivity index (χ2v) is 24.0. The summed E-state index contributed by atoms with van der Waals surface area (Å²) in [5, 5.41) is 3.01. The molecule has 0 bridgehead atoms. The summed E-state index contributed by atoms with van der Waals surface area (Å²) in [4.78, 5) is 37.7. The minimum Gasteiger partial charge on any atom is -0.456 e. The van der Waals surface area contributed by atoms with Gasteiger partial charge in [0.2, 0.25) is 5.91 Å². The van der Waals surface area contributed by atoms with Crippen LogP contribution in [-0.2, 0) is 27.9 Å². The molecule has 3 atom stereocenters. The molecule has 0 saturated heterocycles. The van der Waals surface area contributed by atoms with Crippen molar-refractivity contribution in [1.82, 2.24) is 5.32 Å². The maximum Gasteiger partial charge on any atom is 0.472 e. The molecule has 80 heavy (non-hydrogen) atoms. The van der Waals surface area contributed by atoms with Crippen LogP contribution in [0.4, 0.5) is 0 Å². The summed E-state index contributed by atoms with van der Waals surface area (Å²) in [6, 6.07) is -0.899. The lowest BCUT2D eigenvalue weighted by molar-refractivity contribution is -0.870. The highest BCUT2D eigenvalue weighted by Gasteiger charge is 2.30. The molecule has 0 aliphatic rings. The summed E-state index contributed by atoms with van der Waals surface area (Å²) in [6.07, 6.45) is 82.2. The number of likely N-dealkylation sites (N-methyl/N-ethyl adjacent to an activating group) is 1. The van der Waals surface area contributed by atoms with Gasteiger partial charge in [0, 0.05) is 12.8 Å². The molecule has 0 saturated carbocycles. The number of nitrogens with zero attached hydrogens (tertiary/aromatic N) is 1. The standard InChI is InChI=1S/C70H121N2O7P/c1-7-10-13-16-19-22-25-28-30-32-34-35-36-37-39-41-43-45-48-51-54-57-60-63-70(74)79-68(61-58-55-52-49-46-27-24-21-18-15-12-9-3)67(66-78-80(75,76)77-65-64-72(4,5)6)71-69(73)62-59-56-53-50-47-44-42-40-38-33-31-29-26-23-20-17-14-11-8-2/h11,14,19-20,22-23,28-31,34-35,38,40,44,47,53,56,58,61,67-68H,7-10,12-13,15-18,21,24-27,32-33,36-37,39,41-43,45-46,48-52,54-55,57,59-60,62-66H2,1-6H3,(H-,71,73,75,76)/p+1/b14-11-,22-19-,23-20-,30-28-,31-29-,35-34-,40-38-,47-44-,56-53-,61-58+. The third kappa shape index (κ3) is 59.0. The molecule has 458 valence electrons. The molecule has 0 rings (SSSR count). The number of unbranched alkanes of at least 4 members (excludes halogenated alkanes) is 23. The largest absolute Gasteiger partial charge is 0.472 e. The highest BCUT2D eigenvalue weighted by Crippen LogP contribution is 2.43. The van der Waals surface area contributed by atoms with Crippen molar-refractivity contribution in [1.29, 1.82) is 0 Å². The van der Waals surface area contributed by atoms with E-state index in [1.165, 1.54) is 116 Å². The second-order valence-electron chi connectivity index (χ2n) is 22.5. The van der Waals surface area contributed by atoms with E-state index in [0.717, 1.165) is 103 Å². The summed E-state index contributed by atoms with van der Waals surface area (Å²) < 4.78 is 30.7. The SMILES string of the molecule is CC/C=C\C/C=C\C/C=C\C/C=C\C/C=C\C/C=C\CCC(=O)NC(COP(=O)(O)OCC[N+](C)(C)C)C(/C=C/CCCCCCCCCCCC)OC(=O)CCCCCCCCCCCC/C=C\C/C=C\C/C=C\CCCCC. The number of quaternary nitrogens is 1. The summed E-state index contributed by atoms with van der Waals surface area (Å²) in [7, 11) is 1.43. The molecule has 3 unspecified atom stereocenters. The van der Waals surface area contributed by atoms with Crippen LogP contribution in [-0.4, -0.2) is 74.3 Å². The van der Waals surface area contributed by atoms with E-state index in [4.69, 9.17) is 13.8 Å². The number of carbonyl (C=O) groups excluding carboxylic acids is 2. The van der Waals surface area contributed by atoms with E-state index in [2.05, 4.69) is 129 Å². The van der Waals surface area contributed by atoms with Crippen LogP contribution >= 0.6 is 7.82 Å². The van der Waals surface area contributed by atoms with Crippen molar-refractivity contribution in [3.63, 3.8) is 0 Å². The number of allylic oxidation sites excluding steroid dienone is 19. The monoisotopic (exact) mass is 1130 g/mol. The number of nitrogens with one attached hydrogen (secondary N) is 1. The molecule has 0 aromatic rings. The van der Waals surface area contributed by atoms with Gasteiger partial charge in [0.1, 0.15) is 19.3 Å². The summed E-state index contributed by atoms with van der Waals surface area (Å²) in [6.45, 7) is 6.80. The molecule has 2 N–H and O–H groups in total. The molecule has 1 amide bonds. The molecule has 0 heterocycles. The molecule has 0 aliphatic carbocycles. The Balaban J connectivity index is 5.30. The zero-order chi connectivity index (χ0) is 58.6. The normalized spacial score (nSPS) is 14.4. The Morgan fingerprint density at radius 3 is 1.25 bits per heavy atom. The molecule has 0 spiro atoms. The van der Waals surface area contributed by atoms with Gasteiger partial charge in [-0.1, -0.05) is 258 Å². The molecular formula is C70H122N2O7P+. The molecule has 0 aromatic heterocycles. The number of carbonyl (C=O) groups is 2. The van der Waals surface area contributed by atoms with Gasteiger partial charge in [-0.15, -0.1) is 0 Å². The van der Waals surface area contributed by atoms with Gasteiger partial charge in [-0.05, 0) is 109 Å². The van der Waals surface area contributed by atoms with Crippen LogP contribution in [0.15, 0.2) is 122 Å². The van der Waals surface area contributed by atoms with Crippen LogP contribution in [0.1, 0.15) is 258 Å². The highest BCUT2D eigenvalue weighted by atomic mass is 31.2. The Morgan fingerprint density at radius 2 is 0.812 bits per heavy atom. The van der Waals surface area contributed by atoms with E-state index in [1.807, 2.05) is 39.4 Å². The predicted octanol–water partition coefficient (Wildman–Crippen LogP) is 20.3. The third-order valence-electron chi connectivity index (χ3n) is 13.6. The Morgan fingerprint density at radius 1 is 0.450 bits per heavy atom. The van der Waals surface area contributed by atoms with Crippen molar-refractivity contribution in [2.75, 3.05) is 40.9 Å². The van der Waals surface area contributed by atoms with Crippen molar-refractivity contribution in [2.45, 2.75) is 270 Å². The van der Waals surface area contributed by atoms with Crippen molar-refractivity contribution >= 4 is 19.7 Å². The molecular weight excluding hydrogens is 1010 g/mol.